The number of hydrogen-bond acceptors (Lipinski definition) is 6. The molecule has 0 aliphatic carbocycles. The van der Waals surface area contributed by atoms with Gasteiger partial charge in [0.25, 0.3) is 11.8 Å². The van der Waals surface area contributed by atoms with Crippen LogP contribution in [0.4, 0.5) is 0 Å². The molecule has 3 atom stereocenters. The third-order valence-corrected chi connectivity index (χ3v) is 5.78. The van der Waals surface area contributed by atoms with Crippen molar-refractivity contribution in [1.82, 2.24) is 24.8 Å². The van der Waals surface area contributed by atoms with E-state index in [2.05, 4.69) is 15.0 Å². The number of fused-ring (bicyclic) bond motifs is 1. The zero-order valence-electron chi connectivity index (χ0n) is 15.6. The van der Waals surface area contributed by atoms with Crippen molar-refractivity contribution in [2.45, 2.75) is 6.04 Å². The van der Waals surface area contributed by atoms with Crippen molar-refractivity contribution in [1.29, 1.82) is 0 Å². The predicted octanol–water partition coefficient (Wildman–Crippen LogP) is 2.05. The Labute approximate surface area is 167 Å². The summed E-state index contributed by atoms with van der Waals surface area (Å²) in [5, 5.41) is 0. The minimum atomic E-state index is -0.157. The molecule has 8 nitrogen and oxygen atoms in total. The van der Waals surface area contributed by atoms with Crippen LogP contribution in [0, 0.1) is 11.8 Å². The Kier molecular flexibility index (Phi) is 4.31. The lowest BCUT2D eigenvalue weighted by Crippen LogP contribution is -2.37. The van der Waals surface area contributed by atoms with Gasteiger partial charge >= 0.3 is 0 Å². The first-order chi connectivity index (χ1) is 14.2. The Hall–Kier alpha value is -3.55. The highest BCUT2D eigenvalue weighted by atomic mass is 16.3. The molecule has 2 amide bonds. The van der Waals surface area contributed by atoms with E-state index in [1.165, 1.54) is 25.0 Å². The van der Waals surface area contributed by atoms with Crippen LogP contribution in [0.5, 0.6) is 0 Å². The quantitative estimate of drug-likeness (QED) is 0.681. The molecule has 3 aromatic rings. The number of oxazole rings is 1. The highest BCUT2D eigenvalue weighted by Crippen LogP contribution is 2.45. The van der Waals surface area contributed by atoms with Gasteiger partial charge in [0.05, 0.1) is 18.4 Å². The SMILES string of the molecule is O=C(c1cnco1)N1C[C@H]2CN(C(=O)c3cnccn3)[C@H](c3ccccc3)[C@H]2C1. The number of carbonyl (C=O) groups is 2. The second-order valence-corrected chi connectivity index (χ2v) is 7.40. The van der Waals surface area contributed by atoms with Crippen molar-refractivity contribution < 1.29 is 14.0 Å². The summed E-state index contributed by atoms with van der Waals surface area (Å²) in [6, 6.07) is 9.85. The Morgan fingerprint density at radius 3 is 2.55 bits per heavy atom. The fourth-order valence-corrected chi connectivity index (χ4v) is 4.53. The maximum atomic E-state index is 13.2. The van der Waals surface area contributed by atoms with E-state index >= 15 is 0 Å². The van der Waals surface area contributed by atoms with Gasteiger partial charge in [-0.1, -0.05) is 30.3 Å². The first-order valence-corrected chi connectivity index (χ1v) is 9.52. The second kappa shape index (κ2) is 7.12. The molecule has 5 rings (SSSR count). The lowest BCUT2D eigenvalue weighted by atomic mass is 9.89. The van der Waals surface area contributed by atoms with Crippen LogP contribution in [0.3, 0.4) is 0 Å². The summed E-state index contributed by atoms with van der Waals surface area (Å²) in [5.74, 6) is 0.288. The average molecular weight is 389 g/mol. The summed E-state index contributed by atoms with van der Waals surface area (Å²) in [4.78, 5) is 41.6. The van der Waals surface area contributed by atoms with Gasteiger partial charge in [0.1, 0.15) is 5.69 Å². The molecule has 0 spiro atoms. The predicted molar refractivity (Wildman–Crippen MR) is 102 cm³/mol. The highest BCUT2D eigenvalue weighted by Gasteiger charge is 2.50. The van der Waals surface area contributed by atoms with Crippen molar-refractivity contribution in [2.24, 2.45) is 11.8 Å². The van der Waals surface area contributed by atoms with Gasteiger partial charge in [0, 0.05) is 43.9 Å². The molecule has 0 unspecified atom stereocenters. The number of benzene rings is 1. The lowest BCUT2D eigenvalue weighted by molar-refractivity contribution is 0.0662. The Morgan fingerprint density at radius 2 is 1.83 bits per heavy atom. The van der Waals surface area contributed by atoms with Crippen LogP contribution >= 0.6 is 0 Å². The van der Waals surface area contributed by atoms with Crippen LogP contribution in [0.1, 0.15) is 32.6 Å². The molecular weight excluding hydrogens is 370 g/mol. The molecule has 29 heavy (non-hydrogen) atoms. The molecule has 2 saturated heterocycles. The summed E-state index contributed by atoms with van der Waals surface area (Å²) >= 11 is 0. The molecule has 2 aliphatic rings. The number of amides is 2. The zero-order valence-corrected chi connectivity index (χ0v) is 15.6. The molecule has 1 aromatic carbocycles. The van der Waals surface area contributed by atoms with E-state index in [1.807, 2.05) is 35.2 Å². The molecule has 0 N–H and O–H groups in total. The second-order valence-electron chi connectivity index (χ2n) is 7.40. The summed E-state index contributed by atoms with van der Waals surface area (Å²) in [7, 11) is 0. The summed E-state index contributed by atoms with van der Waals surface area (Å²) in [5.41, 5.74) is 1.40. The number of nitrogens with zero attached hydrogens (tertiary/aromatic N) is 5. The normalized spacial score (nSPS) is 23.2. The minimum absolute atomic E-state index is 0.122. The van der Waals surface area contributed by atoms with Gasteiger partial charge in [-0.25, -0.2) is 9.97 Å². The number of rotatable bonds is 3. The molecule has 2 aliphatic heterocycles. The smallest absolute Gasteiger partial charge is 0.291 e. The first-order valence-electron chi connectivity index (χ1n) is 9.52. The van der Waals surface area contributed by atoms with Crippen molar-refractivity contribution in [3.63, 3.8) is 0 Å². The highest BCUT2D eigenvalue weighted by molar-refractivity contribution is 5.93. The van der Waals surface area contributed by atoms with Gasteiger partial charge < -0.3 is 14.2 Å². The molecule has 8 heteroatoms. The topological polar surface area (TPSA) is 92.4 Å². The number of likely N-dealkylation sites (tertiary alicyclic amines) is 2. The fourth-order valence-electron chi connectivity index (χ4n) is 4.53. The van der Waals surface area contributed by atoms with Crippen molar-refractivity contribution in [3.05, 3.63) is 78.5 Å². The van der Waals surface area contributed by atoms with Crippen LogP contribution in [0.2, 0.25) is 0 Å². The minimum Gasteiger partial charge on any atom is -0.438 e. The molecule has 2 aromatic heterocycles. The number of aromatic nitrogens is 3. The van der Waals surface area contributed by atoms with E-state index in [1.54, 1.807) is 11.1 Å². The lowest BCUT2D eigenvalue weighted by Gasteiger charge is -2.29. The van der Waals surface area contributed by atoms with Crippen LogP contribution in [-0.2, 0) is 0 Å². The van der Waals surface area contributed by atoms with Gasteiger partial charge in [-0.2, -0.15) is 0 Å². The van der Waals surface area contributed by atoms with Gasteiger partial charge in [-0.15, -0.1) is 0 Å². The van der Waals surface area contributed by atoms with Gasteiger partial charge in [-0.05, 0) is 5.56 Å². The Balaban J connectivity index is 1.44. The molecular formula is C21H19N5O3. The van der Waals surface area contributed by atoms with Crippen LogP contribution in [0.15, 0.2) is 65.9 Å². The van der Waals surface area contributed by atoms with E-state index in [0.717, 1.165) is 5.56 Å². The van der Waals surface area contributed by atoms with E-state index in [-0.39, 0.29) is 35.5 Å². The first kappa shape index (κ1) is 17.5. The molecule has 4 heterocycles. The molecule has 146 valence electrons. The van der Waals surface area contributed by atoms with E-state index in [0.29, 0.717) is 25.3 Å². The fraction of sp³-hybridized carbons (Fsp3) is 0.286. The maximum Gasteiger partial charge on any atom is 0.291 e. The zero-order chi connectivity index (χ0) is 19.8. The van der Waals surface area contributed by atoms with E-state index in [9.17, 15) is 9.59 Å². The molecule has 0 radical (unpaired) electrons. The van der Waals surface area contributed by atoms with Crippen molar-refractivity contribution >= 4 is 11.8 Å². The standard InChI is InChI=1S/C21H19N5O3/c27-20(17-8-22-6-7-24-17)26-11-15-10-25(21(28)18-9-23-13-29-18)12-16(15)19(26)14-4-2-1-3-5-14/h1-9,13,15-16,19H,10-12H2/t15-,16-,19+/m0/s1. The van der Waals surface area contributed by atoms with Crippen LogP contribution < -0.4 is 0 Å². The van der Waals surface area contributed by atoms with Crippen LogP contribution in [0.25, 0.3) is 0 Å². The largest absolute Gasteiger partial charge is 0.438 e. The Bertz CT molecular complexity index is 1010. The van der Waals surface area contributed by atoms with Gasteiger partial charge in [-0.3, -0.25) is 14.6 Å². The summed E-state index contributed by atoms with van der Waals surface area (Å²) < 4.78 is 5.18. The Morgan fingerprint density at radius 1 is 0.966 bits per heavy atom. The third kappa shape index (κ3) is 3.06. The number of carbonyl (C=O) groups excluding carboxylic acids is 2. The molecule has 2 fully saturated rings. The van der Waals surface area contributed by atoms with Crippen molar-refractivity contribution in [2.75, 3.05) is 19.6 Å². The number of hydrogen-bond donors (Lipinski definition) is 0. The molecule has 0 bridgehead atoms. The molecule has 0 saturated carbocycles. The van der Waals surface area contributed by atoms with Gasteiger partial charge in [0.2, 0.25) is 5.76 Å². The monoisotopic (exact) mass is 389 g/mol. The summed E-state index contributed by atoms with van der Waals surface area (Å²) in [6.45, 7) is 1.71. The van der Waals surface area contributed by atoms with E-state index < -0.39 is 0 Å². The van der Waals surface area contributed by atoms with E-state index in [4.69, 9.17) is 4.42 Å². The van der Waals surface area contributed by atoms with Crippen LogP contribution in [-0.4, -0.2) is 56.2 Å². The average Bonchev–Trinajstić information content (AvgIpc) is 3.50. The maximum absolute atomic E-state index is 13.2. The summed E-state index contributed by atoms with van der Waals surface area (Å²) in [6.07, 6.45) is 7.28. The third-order valence-electron chi connectivity index (χ3n) is 5.78. The van der Waals surface area contributed by atoms with Gasteiger partial charge in [0.15, 0.2) is 6.39 Å². The van der Waals surface area contributed by atoms with Crippen molar-refractivity contribution in [3.8, 4) is 0 Å².